The highest BCUT2D eigenvalue weighted by atomic mass is 16.5. The molecule has 2 rings (SSSR count). The van der Waals surface area contributed by atoms with E-state index in [2.05, 4.69) is 24.4 Å². The Kier molecular flexibility index (Phi) is 7.04. The summed E-state index contributed by atoms with van der Waals surface area (Å²) in [5.41, 5.74) is 1.34. The van der Waals surface area contributed by atoms with Gasteiger partial charge < -0.3 is 14.8 Å². The summed E-state index contributed by atoms with van der Waals surface area (Å²) in [5.74, 6) is 0.917. The average molecular weight is 291 g/mol. The molecule has 0 heterocycles. The molecule has 1 unspecified atom stereocenters. The van der Waals surface area contributed by atoms with Crippen LogP contribution in [0.4, 0.5) is 0 Å². The third-order valence-electron chi connectivity index (χ3n) is 4.20. The Morgan fingerprint density at radius 2 is 1.86 bits per heavy atom. The second-order valence-corrected chi connectivity index (χ2v) is 6.04. The van der Waals surface area contributed by atoms with E-state index in [1.54, 1.807) is 7.11 Å². The van der Waals surface area contributed by atoms with Crippen molar-refractivity contribution < 1.29 is 9.47 Å². The summed E-state index contributed by atoms with van der Waals surface area (Å²) in [6.07, 6.45) is 8.11. The van der Waals surface area contributed by atoms with Gasteiger partial charge in [-0.3, -0.25) is 0 Å². The molecule has 1 N–H and O–H groups in total. The first-order valence-corrected chi connectivity index (χ1v) is 8.26. The van der Waals surface area contributed by atoms with Crippen molar-refractivity contribution in [1.82, 2.24) is 5.32 Å². The Bertz CT molecular complexity index is 385. The van der Waals surface area contributed by atoms with Crippen LogP contribution in [0, 0.1) is 0 Å². The number of hydrogen-bond donors (Lipinski definition) is 1. The predicted molar refractivity (Wildman–Crippen MR) is 87.0 cm³/mol. The Balaban J connectivity index is 1.59. The summed E-state index contributed by atoms with van der Waals surface area (Å²) in [6, 6.07) is 8.78. The topological polar surface area (TPSA) is 30.5 Å². The van der Waals surface area contributed by atoms with Gasteiger partial charge in [0.25, 0.3) is 0 Å². The highest BCUT2D eigenvalue weighted by molar-refractivity contribution is 5.27. The molecule has 0 bridgehead atoms. The van der Waals surface area contributed by atoms with Gasteiger partial charge in [0.1, 0.15) is 5.75 Å². The Morgan fingerprint density at radius 1 is 1.14 bits per heavy atom. The van der Waals surface area contributed by atoms with Crippen molar-refractivity contribution >= 4 is 0 Å². The van der Waals surface area contributed by atoms with Crippen molar-refractivity contribution in [2.24, 2.45) is 0 Å². The fourth-order valence-corrected chi connectivity index (χ4v) is 2.95. The van der Waals surface area contributed by atoms with Crippen molar-refractivity contribution in [3.63, 3.8) is 0 Å². The van der Waals surface area contributed by atoms with Gasteiger partial charge >= 0.3 is 0 Å². The van der Waals surface area contributed by atoms with E-state index >= 15 is 0 Å². The van der Waals surface area contributed by atoms with Crippen LogP contribution in [0.25, 0.3) is 0 Å². The molecule has 21 heavy (non-hydrogen) atoms. The molecule has 0 spiro atoms. The summed E-state index contributed by atoms with van der Waals surface area (Å²) in [7, 11) is 1.70. The molecular formula is C18H29NO2. The van der Waals surface area contributed by atoms with E-state index in [4.69, 9.17) is 9.47 Å². The van der Waals surface area contributed by atoms with Gasteiger partial charge in [-0.25, -0.2) is 0 Å². The van der Waals surface area contributed by atoms with Crippen LogP contribution in [0.1, 0.15) is 44.6 Å². The fourth-order valence-electron chi connectivity index (χ4n) is 2.95. The van der Waals surface area contributed by atoms with E-state index in [0.717, 1.165) is 25.3 Å². The molecule has 0 saturated heterocycles. The number of benzene rings is 1. The van der Waals surface area contributed by atoms with Crippen LogP contribution in [-0.4, -0.2) is 32.4 Å². The minimum absolute atomic E-state index is 0.466. The van der Waals surface area contributed by atoms with Gasteiger partial charge in [-0.1, -0.05) is 31.4 Å². The third-order valence-corrected chi connectivity index (χ3v) is 4.20. The smallest absolute Gasteiger partial charge is 0.118 e. The van der Waals surface area contributed by atoms with Crippen LogP contribution in [-0.2, 0) is 11.2 Å². The molecule has 0 aliphatic heterocycles. The van der Waals surface area contributed by atoms with Gasteiger partial charge in [-0.2, -0.15) is 0 Å². The van der Waals surface area contributed by atoms with Gasteiger partial charge in [0, 0.05) is 12.6 Å². The first-order valence-electron chi connectivity index (χ1n) is 8.26. The third kappa shape index (κ3) is 6.06. The van der Waals surface area contributed by atoms with Crippen LogP contribution in [0.15, 0.2) is 24.3 Å². The Labute approximate surface area is 129 Å². The summed E-state index contributed by atoms with van der Waals surface area (Å²) in [4.78, 5) is 0. The molecule has 0 aromatic heterocycles. The molecule has 3 heteroatoms. The molecule has 0 amide bonds. The van der Waals surface area contributed by atoms with E-state index in [-0.39, 0.29) is 0 Å². The minimum atomic E-state index is 0.466. The highest BCUT2D eigenvalue weighted by Crippen LogP contribution is 2.19. The van der Waals surface area contributed by atoms with Crippen molar-refractivity contribution in [3.05, 3.63) is 29.8 Å². The number of hydrogen-bond acceptors (Lipinski definition) is 3. The molecular weight excluding hydrogens is 262 g/mol. The van der Waals surface area contributed by atoms with Crippen LogP contribution in [0.5, 0.6) is 5.75 Å². The van der Waals surface area contributed by atoms with E-state index in [1.165, 1.54) is 37.7 Å². The van der Waals surface area contributed by atoms with Gasteiger partial charge in [-0.15, -0.1) is 0 Å². The number of methoxy groups -OCH3 is 1. The predicted octanol–water partition coefficient (Wildman–Crippen LogP) is 3.57. The van der Waals surface area contributed by atoms with E-state index in [1.807, 2.05) is 12.1 Å². The van der Waals surface area contributed by atoms with Crippen LogP contribution < -0.4 is 10.1 Å². The lowest BCUT2D eigenvalue weighted by Crippen LogP contribution is -2.32. The second kappa shape index (κ2) is 9.06. The number of nitrogens with one attached hydrogen (secondary N) is 1. The molecule has 1 aliphatic rings. The van der Waals surface area contributed by atoms with Crippen LogP contribution in [0.2, 0.25) is 0 Å². The molecule has 0 radical (unpaired) electrons. The summed E-state index contributed by atoms with van der Waals surface area (Å²) in [6.45, 7) is 4.00. The van der Waals surface area contributed by atoms with E-state index in [9.17, 15) is 0 Å². The Hall–Kier alpha value is -1.06. The number of rotatable bonds is 8. The molecule has 1 saturated carbocycles. The SMILES string of the molecule is COc1ccc(CC(C)NCCOC2CCCCC2)cc1. The summed E-state index contributed by atoms with van der Waals surface area (Å²) < 4.78 is 11.1. The lowest BCUT2D eigenvalue weighted by Gasteiger charge is -2.22. The molecule has 118 valence electrons. The maximum absolute atomic E-state index is 5.93. The quantitative estimate of drug-likeness (QED) is 0.743. The molecule has 1 aliphatic carbocycles. The molecule has 1 aromatic carbocycles. The lowest BCUT2D eigenvalue weighted by molar-refractivity contribution is 0.0295. The van der Waals surface area contributed by atoms with Gasteiger partial charge in [0.05, 0.1) is 19.8 Å². The zero-order chi connectivity index (χ0) is 14.9. The standard InChI is InChI=1S/C18H29NO2/c1-15(14-16-8-10-17(20-2)11-9-16)19-12-13-21-18-6-4-3-5-7-18/h8-11,15,18-19H,3-7,12-14H2,1-2H3. The van der Waals surface area contributed by atoms with Crippen LogP contribution >= 0.6 is 0 Å². The molecule has 1 fully saturated rings. The van der Waals surface area contributed by atoms with Crippen molar-refractivity contribution in [3.8, 4) is 5.75 Å². The van der Waals surface area contributed by atoms with Gasteiger partial charge in [-0.05, 0) is 43.9 Å². The van der Waals surface area contributed by atoms with Gasteiger partial charge in [0.2, 0.25) is 0 Å². The maximum Gasteiger partial charge on any atom is 0.118 e. The second-order valence-electron chi connectivity index (χ2n) is 6.04. The average Bonchev–Trinajstić information content (AvgIpc) is 2.53. The summed E-state index contributed by atoms with van der Waals surface area (Å²) >= 11 is 0. The van der Waals surface area contributed by atoms with E-state index in [0.29, 0.717) is 12.1 Å². The zero-order valence-electron chi connectivity index (χ0n) is 13.4. The van der Waals surface area contributed by atoms with Crippen LogP contribution in [0.3, 0.4) is 0 Å². The lowest BCUT2D eigenvalue weighted by atomic mass is 9.98. The largest absolute Gasteiger partial charge is 0.497 e. The first kappa shape index (κ1) is 16.3. The molecule has 1 atom stereocenters. The minimum Gasteiger partial charge on any atom is -0.497 e. The first-order chi connectivity index (χ1) is 10.3. The molecule has 3 nitrogen and oxygen atoms in total. The normalized spacial score (nSPS) is 17.6. The van der Waals surface area contributed by atoms with Crippen molar-refractivity contribution in [1.29, 1.82) is 0 Å². The number of ether oxygens (including phenoxy) is 2. The van der Waals surface area contributed by atoms with Gasteiger partial charge in [0.15, 0.2) is 0 Å². The summed E-state index contributed by atoms with van der Waals surface area (Å²) in [5, 5.41) is 3.54. The van der Waals surface area contributed by atoms with Crippen molar-refractivity contribution in [2.75, 3.05) is 20.3 Å². The fraction of sp³-hybridized carbons (Fsp3) is 0.667. The zero-order valence-corrected chi connectivity index (χ0v) is 13.4. The van der Waals surface area contributed by atoms with Crippen molar-refractivity contribution in [2.45, 2.75) is 57.6 Å². The molecule has 1 aromatic rings. The Morgan fingerprint density at radius 3 is 2.52 bits per heavy atom. The maximum atomic E-state index is 5.93. The monoisotopic (exact) mass is 291 g/mol. The van der Waals surface area contributed by atoms with E-state index < -0.39 is 0 Å². The highest BCUT2D eigenvalue weighted by Gasteiger charge is 2.13.